The Morgan fingerprint density at radius 2 is 2.07 bits per heavy atom. The van der Waals surface area contributed by atoms with Gasteiger partial charge < -0.3 is 15.7 Å². The van der Waals surface area contributed by atoms with Crippen molar-refractivity contribution in [1.82, 2.24) is 10.6 Å². The molecular weight excluding hydrogens is 216 g/mol. The maximum atomic E-state index is 10.7. The van der Waals surface area contributed by atoms with Crippen LogP contribution in [0.2, 0.25) is 0 Å². The van der Waals surface area contributed by atoms with Crippen LogP contribution in [0.4, 0.5) is 0 Å². The van der Waals surface area contributed by atoms with Crippen LogP contribution in [-0.2, 0) is 9.59 Å². The van der Waals surface area contributed by atoms with E-state index in [-0.39, 0.29) is 18.5 Å². The molecule has 2 atom stereocenters. The third kappa shape index (κ3) is 7.21. The van der Waals surface area contributed by atoms with Crippen molar-refractivity contribution in [2.45, 2.75) is 25.9 Å². The zero-order chi connectivity index (χ0) is 11.8. The van der Waals surface area contributed by atoms with Crippen molar-refractivity contribution < 1.29 is 14.7 Å². The molecule has 3 N–H and O–H groups in total. The van der Waals surface area contributed by atoms with E-state index in [2.05, 4.69) is 10.6 Å². The van der Waals surface area contributed by atoms with E-state index < -0.39 is 12.0 Å². The first-order valence-electron chi connectivity index (χ1n) is 4.69. The molecule has 0 fully saturated rings. The number of amides is 1. The Kier molecular flexibility index (Phi) is 7.15. The predicted molar refractivity (Wildman–Crippen MR) is 61.1 cm³/mol. The van der Waals surface area contributed by atoms with E-state index in [1.54, 1.807) is 11.8 Å². The third-order valence-corrected chi connectivity index (χ3v) is 2.60. The molecule has 0 aliphatic rings. The fourth-order valence-electron chi connectivity index (χ4n) is 1.07. The standard InChI is InChI=1S/C9H18N2O3S/c1-6(5-15-3)10-4-8(9(13)14)11-7(2)12/h6,8,10H,4-5H2,1-3H3,(H,11,12)(H,13,14). The molecular formula is C9H18N2O3S. The fraction of sp³-hybridized carbons (Fsp3) is 0.778. The Labute approximate surface area is 94.0 Å². The molecule has 1 amide bonds. The van der Waals surface area contributed by atoms with Crippen LogP contribution in [0.5, 0.6) is 0 Å². The number of carboxylic acid groups (broad SMARTS) is 1. The lowest BCUT2D eigenvalue weighted by molar-refractivity contribution is -0.141. The summed E-state index contributed by atoms with van der Waals surface area (Å²) in [6, 6.07) is -0.623. The van der Waals surface area contributed by atoms with Gasteiger partial charge in [-0.15, -0.1) is 0 Å². The SMILES string of the molecule is CSCC(C)NCC(NC(C)=O)C(=O)O. The minimum Gasteiger partial charge on any atom is -0.480 e. The Morgan fingerprint density at radius 1 is 1.47 bits per heavy atom. The molecule has 88 valence electrons. The number of carbonyl (C=O) groups excluding carboxylic acids is 1. The van der Waals surface area contributed by atoms with E-state index >= 15 is 0 Å². The number of nitrogens with one attached hydrogen (secondary N) is 2. The Balaban J connectivity index is 3.96. The lowest BCUT2D eigenvalue weighted by Crippen LogP contribution is -2.48. The third-order valence-electron chi connectivity index (χ3n) is 1.76. The van der Waals surface area contributed by atoms with Crippen LogP contribution in [0, 0.1) is 0 Å². The van der Waals surface area contributed by atoms with Crippen molar-refractivity contribution in [3.8, 4) is 0 Å². The van der Waals surface area contributed by atoms with Gasteiger partial charge in [0.2, 0.25) is 5.91 Å². The summed E-state index contributed by atoms with van der Waals surface area (Å²) >= 11 is 1.69. The first-order valence-corrected chi connectivity index (χ1v) is 6.09. The second-order valence-corrected chi connectivity index (χ2v) is 4.27. The molecule has 0 aromatic heterocycles. The summed E-state index contributed by atoms with van der Waals surface area (Å²) in [5, 5.41) is 14.2. The lowest BCUT2D eigenvalue weighted by atomic mass is 10.2. The van der Waals surface area contributed by atoms with E-state index in [4.69, 9.17) is 5.11 Å². The number of carboxylic acids is 1. The molecule has 0 radical (unpaired) electrons. The Bertz CT molecular complexity index is 223. The van der Waals surface area contributed by atoms with Gasteiger partial charge in [-0.2, -0.15) is 11.8 Å². The number of hydrogen-bond donors (Lipinski definition) is 3. The van der Waals surface area contributed by atoms with Crippen LogP contribution >= 0.6 is 11.8 Å². The van der Waals surface area contributed by atoms with Crippen molar-refractivity contribution in [1.29, 1.82) is 0 Å². The minimum absolute atomic E-state index is 0.232. The highest BCUT2D eigenvalue weighted by Gasteiger charge is 2.18. The number of hydrogen-bond acceptors (Lipinski definition) is 4. The molecule has 5 nitrogen and oxygen atoms in total. The molecule has 15 heavy (non-hydrogen) atoms. The maximum Gasteiger partial charge on any atom is 0.327 e. The van der Waals surface area contributed by atoms with Crippen LogP contribution in [0.15, 0.2) is 0 Å². The maximum absolute atomic E-state index is 10.7. The van der Waals surface area contributed by atoms with Gasteiger partial charge in [0.15, 0.2) is 0 Å². The van der Waals surface area contributed by atoms with Crippen LogP contribution in [0.25, 0.3) is 0 Å². The topological polar surface area (TPSA) is 78.4 Å². The molecule has 0 spiro atoms. The van der Waals surface area contributed by atoms with Crippen molar-refractivity contribution in [2.75, 3.05) is 18.6 Å². The first-order chi connectivity index (χ1) is 6.97. The fourth-order valence-corrected chi connectivity index (χ4v) is 1.69. The van der Waals surface area contributed by atoms with Crippen molar-refractivity contribution in [3.63, 3.8) is 0 Å². The lowest BCUT2D eigenvalue weighted by Gasteiger charge is -2.17. The Morgan fingerprint density at radius 3 is 2.47 bits per heavy atom. The average molecular weight is 234 g/mol. The number of rotatable bonds is 7. The molecule has 0 bridgehead atoms. The first kappa shape index (κ1) is 14.2. The normalized spacial score (nSPS) is 14.3. The van der Waals surface area contributed by atoms with Gasteiger partial charge in [-0.05, 0) is 13.2 Å². The molecule has 0 heterocycles. The van der Waals surface area contributed by atoms with E-state index in [9.17, 15) is 9.59 Å². The predicted octanol–water partition coefficient (Wildman–Crippen LogP) is -0.0832. The molecule has 0 aliphatic carbocycles. The summed E-state index contributed by atoms with van der Waals surface area (Å²) in [5.41, 5.74) is 0. The van der Waals surface area contributed by atoms with Crippen LogP contribution < -0.4 is 10.6 Å². The van der Waals surface area contributed by atoms with E-state index in [0.29, 0.717) is 0 Å². The molecule has 6 heteroatoms. The molecule has 0 rings (SSSR count). The summed E-state index contributed by atoms with van der Waals surface area (Å²) in [6.45, 7) is 3.53. The average Bonchev–Trinajstić information content (AvgIpc) is 2.11. The van der Waals surface area contributed by atoms with Gasteiger partial charge in [0.25, 0.3) is 0 Å². The molecule has 0 aromatic rings. The second-order valence-electron chi connectivity index (χ2n) is 3.36. The van der Waals surface area contributed by atoms with Crippen LogP contribution in [0.1, 0.15) is 13.8 Å². The molecule has 2 unspecified atom stereocenters. The molecule has 0 saturated heterocycles. The van der Waals surface area contributed by atoms with Gasteiger partial charge >= 0.3 is 5.97 Å². The van der Waals surface area contributed by atoms with Crippen molar-refractivity contribution >= 4 is 23.6 Å². The summed E-state index contributed by atoms with van der Waals surface area (Å²) in [5.74, 6) is -0.442. The summed E-state index contributed by atoms with van der Waals surface area (Å²) in [4.78, 5) is 21.5. The minimum atomic E-state index is -1.02. The monoisotopic (exact) mass is 234 g/mol. The van der Waals surface area contributed by atoms with Crippen LogP contribution in [-0.4, -0.2) is 47.6 Å². The zero-order valence-electron chi connectivity index (χ0n) is 9.24. The summed E-state index contributed by atoms with van der Waals surface area (Å²) in [6.07, 6.45) is 1.99. The van der Waals surface area contributed by atoms with Crippen LogP contribution in [0.3, 0.4) is 0 Å². The summed E-state index contributed by atoms with van der Waals surface area (Å²) < 4.78 is 0. The van der Waals surface area contributed by atoms with Gasteiger partial charge in [0, 0.05) is 25.3 Å². The van der Waals surface area contributed by atoms with E-state index in [1.807, 2.05) is 13.2 Å². The molecule has 0 saturated carbocycles. The molecule has 0 aromatic carbocycles. The number of aliphatic carboxylic acids is 1. The quantitative estimate of drug-likeness (QED) is 0.574. The van der Waals surface area contributed by atoms with Gasteiger partial charge in [0.05, 0.1) is 0 Å². The van der Waals surface area contributed by atoms with Crippen molar-refractivity contribution in [2.24, 2.45) is 0 Å². The van der Waals surface area contributed by atoms with E-state index in [0.717, 1.165) is 5.75 Å². The highest BCUT2D eigenvalue weighted by atomic mass is 32.2. The number of thioether (sulfide) groups is 1. The summed E-state index contributed by atoms with van der Waals surface area (Å²) in [7, 11) is 0. The number of carbonyl (C=O) groups is 2. The zero-order valence-corrected chi connectivity index (χ0v) is 10.1. The van der Waals surface area contributed by atoms with Gasteiger partial charge in [-0.25, -0.2) is 4.79 Å². The second kappa shape index (κ2) is 7.53. The van der Waals surface area contributed by atoms with Gasteiger partial charge in [0.1, 0.15) is 6.04 Å². The van der Waals surface area contributed by atoms with Gasteiger partial charge in [-0.3, -0.25) is 4.79 Å². The largest absolute Gasteiger partial charge is 0.480 e. The van der Waals surface area contributed by atoms with Crippen molar-refractivity contribution in [3.05, 3.63) is 0 Å². The van der Waals surface area contributed by atoms with E-state index in [1.165, 1.54) is 6.92 Å². The van der Waals surface area contributed by atoms with Gasteiger partial charge in [-0.1, -0.05) is 0 Å². The molecule has 0 aliphatic heterocycles. The highest BCUT2D eigenvalue weighted by Crippen LogP contribution is 1.96. The highest BCUT2D eigenvalue weighted by molar-refractivity contribution is 7.98. The smallest absolute Gasteiger partial charge is 0.327 e. The Hall–Kier alpha value is -0.750.